The van der Waals surface area contributed by atoms with E-state index in [1.165, 1.54) is 40.3 Å². The van der Waals surface area contributed by atoms with Crippen LogP contribution < -0.4 is 5.76 Å². The summed E-state index contributed by atoms with van der Waals surface area (Å²) in [5.41, 5.74) is 2.00. The molecule has 3 heterocycles. The van der Waals surface area contributed by atoms with E-state index in [4.69, 9.17) is 4.42 Å². The molecule has 4 aromatic rings. The molecular formula is C17H11FN4O2S. The number of hydrogen-bond donors (Lipinski definition) is 0. The Kier molecular flexibility index (Phi) is 3.95. The van der Waals surface area contributed by atoms with Gasteiger partial charge in [-0.2, -0.15) is 4.68 Å². The summed E-state index contributed by atoms with van der Waals surface area (Å²) < 4.78 is 19.3. The van der Waals surface area contributed by atoms with E-state index in [2.05, 4.69) is 15.1 Å². The van der Waals surface area contributed by atoms with Crippen LogP contribution in [-0.2, 0) is 6.54 Å². The normalized spacial score (nSPS) is 10.9. The number of thiazole rings is 1. The fourth-order valence-corrected chi connectivity index (χ4v) is 3.04. The molecule has 0 atom stereocenters. The lowest BCUT2D eigenvalue weighted by atomic mass is 10.2. The van der Waals surface area contributed by atoms with Gasteiger partial charge in [0.2, 0.25) is 5.89 Å². The molecule has 1 aromatic carbocycles. The van der Waals surface area contributed by atoms with Crippen LogP contribution in [0, 0.1) is 5.82 Å². The summed E-state index contributed by atoms with van der Waals surface area (Å²) in [6.07, 6.45) is 1.70. The molecule has 0 saturated carbocycles. The van der Waals surface area contributed by atoms with E-state index in [0.29, 0.717) is 11.3 Å². The fourth-order valence-electron chi connectivity index (χ4n) is 2.26. The van der Waals surface area contributed by atoms with Crippen LogP contribution in [0.5, 0.6) is 0 Å². The minimum atomic E-state index is -0.591. The SMILES string of the molecule is O=c1oc(-c2ccc(F)cc2)nn1Cc1csc(-c2ccccn2)n1. The Morgan fingerprint density at radius 3 is 2.76 bits per heavy atom. The molecule has 6 nitrogen and oxygen atoms in total. The van der Waals surface area contributed by atoms with Crippen LogP contribution >= 0.6 is 11.3 Å². The third kappa shape index (κ3) is 3.24. The van der Waals surface area contributed by atoms with Gasteiger partial charge in [0, 0.05) is 17.1 Å². The van der Waals surface area contributed by atoms with Crippen LogP contribution in [0.4, 0.5) is 4.39 Å². The molecule has 0 saturated heterocycles. The highest BCUT2D eigenvalue weighted by atomic mass is 32.1. The molecule has 0 aliphatic heterocycles. The van der Waals surface area contributed by atoms with Crippen molar-refractivity contribution in [1.82, 2.24) is 19.7 Å². The van der Waals surface area contributed by atoms with Crippen molar-refractivity contribution in [2.24, 2.45) is 0 Å². The number of aromatic nitrogens is 4. The van der Waals surface area contributed by atoms with Gasteiger partial charge in [-0.25, -0.2) is 14.2 Å². The monoisotopic (exact) mass is 354 g/mol. The van der Waals surface area contributed by atoms with Crippen molar-refractivity contribution < 1.29 is 8.81 Å². The van der Waals surface area contributed by atoms with Crippen LogP contribution in [0.15, 0.2) is 63.3 Å². The summed E-state index contributed by atoms with van der Waals surface area (Å²) in [6, 6.07) is 11.2. The van der Waals surface area contributed by atoms with Crippen molar-refractivity contribution in [3.8, 4) is 22.2 Å². The van der Waals surface area contributed by atoms with Gasteiger partial charge in [0.05, 0.1) is 17.9 Å². The Labute approximate surface area is 145 Å². The minimum absolute atomic E-state index is 0.144. The van der Waals surface area contributed by atoms with Gasteiger partial charge in [-0.05, 0) is 36.4 Å². The zero-order valence-electron chi connectivity index (χ0n) is 12.8. The molecule has 0 spiro atoms. The van der Waals surface area contributed by atoms with Gasteiger partial charge in [0.1, 0.15) is 10.8 Å². The van der Waals surface area contributed by atoms with Crippen molar-refractivity contribution in [1.29, 1.82) is 0 Å². The van der Waals surface area contributed by atoms with Crippen molar-refractivity contribution in [3.63, 3.8) is 0 Å². The molecule has 25 heavy (non-hydrogen) atoms. The third-order valence-electron chi connectivity index (χ3n) is 3.44. The smallest absolute Gasteiger partial charge is 0.388 e. The van der Waals surface area contributed by atoms with Crippen molar-refractivity contribution in [2.75, 3.05) is 0 Å². The topological polar surface area (TPSA) is 73.8 Å². The van der Waals surface area contributed by atoms with Crippen LogP contribution in [-0.4, -0.2) is 19.7 Å². The first-order valence-corrected chi connectivity index (χ1v) is 8.27. The number of halogens is 1. The van der Waals surface area contributed by atoms with Gasteiger partial charge < -0.3 is 4.42 Å². The number of benzene rings is 1. The number of pyridine rings is 1. The predicted octanol–water partition coefficient (Wildman–Crippen LogP) is 3.21. The Balaban J connectivity index is 1.59. The molecule has 4 rings (SSSR count). The highest BCUT2D eigenvalue weighted by molar-refractivity contribution is 7.13. The third-order valence-corrected chi connectivity index (χ3v) is 4.36. The van der Waals surface area contributed by atoms with E-state index in [1.807, 2.05) is 23.6 Å². The molecule has 0 unspecified atom stereocenters. The lowest BCUT2D eigenvalue weighted by molar-refractivity contribution is 0.493. The highest BCUT2D eigenvalue weighted by Gasteiger charge is 2.13. The van der Waals surface area contributed by atoms with E-state index >= 15 is 0 Å². The van der Waals surface area contributed by atoms with E-state index in [0.717, 1.165) is 10.7 Å². The van der Waals surface area contributed by atoms with Gasteiger partial charge in [0.15, 0.2) is 0 Å². The zero-order chi connectivity index (χ0) is 17.2. The summed E-state index contributed by atoms with van der Waals surface area (Å²) in [4.78, 5) is 20.7. The average molecular weight is 354 g/mol. The summed E-state index contributed by atoms with van der Waals surface area (Å²) >= 11 is 1.44. The molecular weight excluding hydrogens is 343 g/mol. The standard InChI is InChI=1S/C17H11FN4O2S/c18-12-6-4-11(5-7-12)15-21-22(17(23)24-15)9-13-10-25-16(20-13)14-3-1-2-8-19-14/h1-8,10H,9H2. The molecule has 0 aliphatic rings. The number of hydrogen-bond acceptors (Lipinski definition) is 6. The molecule has 124 valence electrons. The Morgan fingerprint density at radius 1 is 1.16 bits per heavy atom. The summed E-state index contributed by atoms with van der Waals surface area (Å²) in [5.74, 6) is -0.813. The van der Waals surface area contributed by atoms with Gasteiger partial charge in [-0.3, -0.25) is 4.98 Å². The molecule has 0 radical (unpaired) electrons. The number of rotatable bonds is 4. The second-order valence-electron chi connectivity index (χ2n) is 5.20. The Bertz CT molecular complexity index is 1050. The van der Waals surface area contributed by atoms with Crippen molar-refractivity contribution in [3.05, 3.63) is 76.1 Å². The molecule has 0 amide bonds. The minimum Gasteiger partial charge on any atom is -0.388 e. The van der Waals surface area contributed by atoms with Crippen LogP contribution in [0.1, 0.15) is 5.69 Å². The molecule has 0 bridgehead atoms. The first kappa shape index (κ1) is 15.4. The lowest BCUT2D eigenvalue weighted by Crippen LogP contribution is -2.16. The maximum atomic E-state index is 13.0. The summed E-state index contributed by atoms with van der Waals surface area (Å²) in [5, 5.41) is 6.77. The van der Waals surface area contributed by atoms with Crippen LogP contribution in [0.2, 0.25) is 0 Å². The molecule has 0 N–H and O–H groups in total. The largest absolute Gasteiger partial charge is 0.437 e. The highest BCUT2D eigenvalue weighted by Crippen LogP contribution is 2.22. The van der Waals surface area contributed by atoms with Crippen molar-refractivity contribution >= 4 is 11.3 Å². The van der Waals surface area contributed by atoms with E-state index in [9.17, 15) is 9.18 Å². The molecule has 0 fully saturated rings. The van der Waals surface area contributed by atoms with Gasteiger partial charge in [-0.1, -0.05) is 6.07 Å². The Morgan fingerprint density at radius 2 is 2.00 bits per heavy atom. The van der Waals surface area contributed by atoms with E-state index < -0.39 is 5.76 Å². The number of nitrogens with zero attached hydrogens (tertiary/aromatic N) is 4. The Hall–Kier alpha value is -3.13. The maximum Gasteiger partial charge on any atom is 0.437 e. The van der Waals surface area contributed by atoms with E-state index in [1.54, 1.807) is 6.20 Å². The van der Waals surface area contributed by atoms with Crippen molar-refractivity contribution in [2.45, 2.75) is 6.54 Å². The lowest BCUT2D eigenvalue weighted by Gasteiger charge is -1.95. The van der Waals surface area contributed by atoms with Gasteiger partial charge in [0.25, 0.3) is 0 Å². The van der Waals surface area contributed by atoms with Crippen LogP contribution in [0.3, 0.4) is 0 Å². The van der Waals surface area contributed by atoms with Gasteiger partial charge >= 0.3 is 5.76 Å². The summed E-state index contributed by atoms with van der Waals surface area (Å²) in [7, 11) is 0. The first-order valence-electron chi connectivity index (χ1n) is 7.39. The first-order chi connectivity index (χ1) is 12.2. The molecule has 0 aliphatic carbocycles. The maximum absolute atomic E-state index is 13.0. The predicted molar refractivity (Wildman–Crippen MR) is 90.6 cm³/mol. The molecule has 3 aromatic heterocycles. The zero-order valence-corrected chi connectivity index (χ0v) is 13.6. The second kappa shape index (κ2) is 6.40. The quantitative estimate of drug-likeness (QED) is 0.563. The summed E-state index contributed by atoms with van der Waals surface area (Å²) in [6.45, 7) is 0.187. The fraction of sp³-hybridized carbons (Fsp3) is 0.0588. The van der Waals surface area contributed by atoms with E-state index in [-0.39, 0.29) is 18.3 Å². The average Bonchev–Trinajstić information content (AvgIpc) is 3.24. The van der Waals surface area contributed by atoms with Gasteiger partial charge in [-0.15, -0.1) is 16.4 Å². The second-order valence-corrected chi connectivity index (χ2v) is 6.05. The molecule has 8 heteroatoms. The van der Waals surface area contributed by atoms with Crippen LogP contribution in [0.25, 0.3) is 22.2 Å².